The fourth-order valence-electron chi connectivity index (χ4n) is 2.65. The summed E-state index contributed by atoms with van der Waals surface area (Å²) in [5.41, 5.74) is 2.56. The molecule has 144 valence electrons. The Morgan fingerprint density at radius 2 is 1.85 bits per heavy atom. The number of hydrogen-bond acceptors (Lipinski definition) is 2. The summed E-state index contributed by atoms with van der Waals surface area (Å²) in [4.78, 5) is 12.3. The molecule has 0 spiro atoms. The van der Waals surface area contributed by atoms with E-state index in [9.17, 15) is 4.79 Å². The molecule has 2 rings (SSSR count). The first kappa shape index (κ1) is 21.2. The Bertz CT molecular complexity index is 717. The quantitative estimate of drug-likeness (QED) is 0.442. The Morgan fingerprint density at radius 1 is 1.19 bits per heavy atom. The van der Waals surface area contributed by atoms with Crippen LogP contribution in [0.1, 0.15) is 53.0 Å². The maximum atomic E-state index is 12.3. The highest BCUT2D eigenvalue weighted by Crippen LogP contribution is 2.38. The van der Waals surface area contributed by atoms with Gasteiger partial charge in [0.25, 0.3) is 5.91 Å². The average molecular weight is 394 g/mol. The molecule has 0 bridgehead atoms. The molecule has 0 atom stereocenters. The van der Waals surface area contributed by atoms with Crippen molar-refractivity contribution >= 4 is 37.1 Å². The number of carbonyl (C=O) groups excluding carboxylic acids is 1. The van der Waals surface area contributed by atoms with E-state index in [2.05, 4.69) is 59.1 Å². The Hall–Kier alpha value is -1.10. The zero-order valence-electron chi connectivity index (χ0n) is 17.1. The van der Waals surface area contributed by atoms with E-state index in [4.69, 9.17) is 16.0 Å². The summed E-state index contributed by atoms with van der Waals surface area (Å²) in [5, 5.41) is 3.75. The van der Waals surface area contributed by atoms with E-state index in [1.54, 1.807) is 6.07 Å². The predicted octanol–water partition coefficient (Wildman–Crippen LogP) is 6.50. The van der Waals surface area contributed by atoms with Gasteiger partial charge in [-0.25, -0.2) is 0 Å². The Morgan fingerprint density at radius 3 is 2.46 bits per heavy atom. The third kappa shape index (κ3) is 4.99. The standard InChI is InChI=1S/C21H32ClNO2Si/c1-20(2,3)26(6,7)25-13-12-21(4,5)11-10-17-16-9-8-15(22)14-18(16)23-19(17)24/h8-10,14H,11-13H2,1-7H3,(H,23,24)/b17-10-. The van der Waals surface area contributed by atoms with Gasteiger partial charge in [0, 0.05) is 22.8 Å². The van der Waals surface area contributed by atoms with Crippen molar-refractivity contribution in [3.05, 3.63) is 34.9 Å². The molecule has 0 aliphatic carbocycles. The van der Waals surface area contributed by atoms with Gasteiger partial charge in [0.2, 0.25) is 0 Å². The van der Waals surface area contributed by atoms with E-state index >= 15 is 0 Å². The van der Waals surface area contributed by atoms with Crippen LogP contribution >= 0.6 is 11.6 Å². The first-order valence-electron chi connectivity index (χ1n) is 9.28. The minimum atomic E-state index is -1.71. The van der Waals surface area contributed by atoms with Gasteiger partial charge in [-0.05, 0) is 48.5 Å². The molecule has 26 heavy (non-hydrogen) atoms. The fraction of sp³-hybridized carbons (Fsp3) is 0.571. The van der Waals surface area contributed by atoms with Gasteiger partial charge in [0.05, 0.1) is 5.69 Å². The molecule has 0 saturated heterocycles. The molecule has 1 aromatic rings. The second kappa shape index (κ2) is 7.49. The van der Waals surface area contributed by atoms with Gasteiger partial charge in [0.1, 0.15) is 0 Å². The van der Waals surface area contributed by atoms with Crippen LogP contribution in [-0.4, -0.2) is 20.8 Å². The van der Waals surface area contributed by atoms with Crippen LogP contribution in [-0.2, 0) is 9.22 Å². The summed E-state index contributed by atoms with van der Waals surface area (Å²) in [5.74, 6) is -0.0458. The van der Waals surface area contributed by atoms with Crippen LogP contribution in [0.2, 0.25) is 23.2 Å². The molecule has 1 aliphatic heterocycles. The highest BCUT2D eigenvalue weighted by Gasteiger charge is 2.37. The molecule has 1 aromatic carbocycles. The molecule has 0 saturated carbocycles. The van der Waals surface area contributed by atoms with Crippen LogP contribution < -0.4 is 5.32 Å². The lowest BCUT2D eigenvalue weighted by molar-refractivity contribution is -0.110. The molecule has 1 aliphatic rings. The summed E-state index contributed by atoms with van der Waals surface area (Å²) < 4.78 is 6.32. The number of fused-ring (bicyclic) bond motifs is 1. The number of allylic oxidation sites excluding steroid dienone is 1. The van der Waals surface area contributed by atoms with E-state index < -0.39 is 8.32 Å². The van der Waals surface area contributed by atoms with Crippen molar-refractivity contribution in [3.8, 4) is 0 Å². The summed E-state index contributed by atoms with van der Waals surface area (Å²) in [6, 6.07) is 5.54. The topological polar surface area (TPSA) is 38.3 Å². The normalized spacial score (nSPS) is 16.8. The Labute approximate surface area is 164 Å². The van der Waals surface area contributed by atoms with Crippen LogP contribution in [0, 0.1) is 5.41 Å². The first-order valence-corrected chi connectivity index (χ1v) is 12.6. The highest BCUT2D eigenvalue weighted by atomic mass is 35.5. The summed E-state index contributed by atoms with van der Waals surface area (Å²) in [6.45, 7) is 16.6. The molecular weight excluding hydrogens is 362 g/mol. The van der Waals surface area contributed by atoms with E-state index in [-0.39, 0.29) is 16.4 Å². The van der Waals surface area contributed by atoms with Gasteiger partial charge in [-0.15, -0.1) is 0 Å². The lowest BCUT2D eigenvalue weighted by Gasteiger charge is -2.37. The molecule has 0 unspecified atom stereocenters. The van der Waals surface area contributed by atoms with Gasteiger partial charge in [-0.2, -0.15) is 0 Å². The molecule has 0 fully saturated rings. The third-order valence-corrected chi connectivity index (χ3v) is 10.4. The molecule has 0 aromatic heterocycles. The van der Waals surface area contributed by atoms with E-state index in [1.807, 2.05) is 12.1 Å². The van der Waals surface area contributed by atoms with Crippen molar-refractivity contribution in [2.45, 2.75) is 65.6 Å². The second-order valence-corrected chi connectivity index (χ2v) is 14.7. The minimum absolute atomic E-state index is 0.0458. The predicted molar refractivity (Wildman–Crippen MR) is 114 cm³/mol. The maximum Gasteiger partial charge on any atom is 0.256 e. The number of benzene rings is 1. The van der Waals surface area contributed by atoms with Crippen molar-refractivity contribution in [1.82, 2.24) is 0 Å². The van der Waals surface area contributed by atoms with Crippen molar-refractivity contribution < 1.29 is 9.22 Å². The summed E-state index contributed by atoms with van der Waals surface area (Å²) in [6.07, 6.45) is 3.86. The molecule has 3 nitrogen and oxygen atoms in total. The van der Waals surface area contributed by atoms with Crippen LogP contribution in [0.4, 0.5) is 5.69 Å². The zero-order valence-corrected chi connectivity index (χ0v) is 18.9. The van der Waals surface area contributed by atoms with Crippen LogP contribution in [0.5, 0.6) is 0 Å². The van der Waals surface area contributed by atoms with E-state index in [1.165, 1.54) is 0 Å². The number of nitrogens with one attached hydrogen (secondary N) is 1. The first-order chi connectivity index (χ1) is 11.8. The molecular formula is C21H32ClNO2Si. The summed E-state index contributed by atoms with van der Waals surface area (Å²) >= 11 is 6.01. The number of hydrogen-bond donors (Lipinski definition) is 1. The fourth-order valence-corrected chi connectivity index (χ4v) is 3.87. The van der Waals surface area contributed by atoms with Gasteiger partial charge in [-0.1, -0.05) is 58.4 Å². The third-order valence-electron chi connectivity index (χ3n) is 5.67. The summed E-state index contributed by atoms with van der Waals surface area (Å²) in [7, 11) is -1.71. The number of anilines is 1. The van der Waals surface area contributed by atoms with Gasteiger partial charge in [-0.3, -0.25) is 4.79 Å². The largest absolute Gasteiger partial charge is 0.417 e. The van der Waals surface area contributed by atoms with E-state index in [0.717, 1.165) is 36.3 Å². The lowest BCUT2D eigenvalue weighted by Crippen LogP contribution is -2.41. The van der Waals surface area contributed by atoms with E-state index in [0.29, 0.717) is 5.02 Å². The number of halogens is 1. The van der Waals surface area contributed by atoms with Crippen molar-refractivity contribution in [2.75, 3.05) is 11.9 Å². The maximum absolute atomic E-state index is 12.3. The lowest BCUT2D eigenvalue weighted by atomic mass is 9.85. The molecule has 1 N–H and O–H groups in total. The average Bonchev–Trinajstić information content (AvgIpc) is 2.78. The van der Waals surface area contributed by atoms with Gasteiger partial charge in [0.15, 0.2) is 8.32 Å². The Kier molecular flexibility index (Phi) is 6.11. The van der Waals surface area contributed by atoms with Crippen molar-refractivity contribution in [3.63, 3.8) is 0 Å². The van der Waals surface area contributed by atoms with Crippen molar-refractivity contribution in [1.29, 1.82) is 0 Å². The minimum Gasteiger partial charge on any atom is -0.417 e. The second-order valence-electron chi connectivity index (χ2n) is 9.49. The molecule has 5 heteroatoms. The van der Waals surface area contributed by atoms with Crippen molar-refractivity contribution in [2.24, 2.45) is 5.41 Å². The smallest absolute Gasteiger partial charge is 0.256 e. The molecule has 1 amide bonds. The highest BCUT2D eigenvalue weighted by molar-refractivity contribution is 6.74. The molecule has 1 heterocycles. The molecule has 0 radical (unpaired) electrons. The van der Waals surface area contributed by atoms with Gasteiger partial charge < -0.3 is 9.74 Å². The number of rotatable bonds is 6. The zero-order chi connectivity index (χ0) is 19.8. The number of amides is 1. The monoisotopic (exact) mass is 393 g/mol. The number of carbonyl (C=O) groups is 1. The van der Waals surface area contributed by atoms with Crippen LogP contribution in [0.15, 0.2) is 24.3 Å². The Balaban J connectivity index is 2.00. The van der Waals surface area contributed by atoms with Gasteiger partial charge >= 0.3 is 0 Å². The van der Waals surface area contributed by atoms with Crippen LogP contribution in [0.25, 0.3) is 5.57 Å². The van der Waals surface area contributed by atoms with Crippen LogP contribution in [0.3, 0.4) is 0 Å². The SMILES string of the molecule is CC(C)(C/C=C1\C(=O)Nc2cc(Cl)ccc21)CCO[Si](C)(C)C(C)(C)C.